The van der Waals surface area contributed by atoms with Gasteiger partial charge in [-0.15, -0.1) is 0 Å². The summed E-state index contributed by atoms with van der Waals surface area (Å²) in [6, 6.07) is 5.72. The van der Waals surface area contributed by atoms with E-state index in [-0.39, 0.29) is 5.91 Å². The fourth-order valence-electron chi connectivity index (χ4n) is 2.56. The summed E-state index contributed by atoms with van der Waals surface area (Å²) in [5.74, 6) is 0.749. The van der Waals surface area contributed by atoms with Crippen LogP contribution in [0.15, 0.2) is 30.5 Å². The van der Waals surface area contributed by atoms with E-state index >= 15 is 0 Å². The number of imidazole rings is 1. The van der Waals surface area contributed by atoms with Gasteiger partial charge < -0.3 is 4.90 Å². The van der Waals surface area contributed by atoms with E-state index < -0.39 is 0 Å². The lowest BCUT2D eigenvalue weighted by Gasteiger charge is -2.20. The van der Waals surface area contributed by atoms with E-state index in [1.807, 2.05) is 33.7 Å². The van der Waals surface area contributed by atoms with E-state index in [1.54, 1.807) is 12.2 Å². The summed E-state index contributed by atoms with van der Waals surface area (Å²) in [5, 5.41) is 0.416. The van der Waals surface area contributed by atoms with Crippen LogP contribution in [0.1, 0.15) is 31.9 Å². The Morgan fingerprint density at radius 3 is 3.05 bits per heavy atom. The van der Waals surface area contributed by atoms with E-state index in [0.29, 0.717) is 11.1 Å². The summed E-state index contributed by atoms with van der Waals surface area (Å²) in [6.07, 6.45) is 8.74. The summed E-state index contributed by atoms with van der Waals surface area (Å²) in [6.45, 7) is 3.77. The van der Waals surface area contributed by atoms with Crippen LogP contribution in [0, 0.1) is 5.92 Å². The molecule has 2 aromatic heterocycles. The minimum atomic E-state index is 0.0516. The van der Waals surface area contributed by atoms with Crippen molar-refractivity contribution in [1.29, 1.82) is 0 Å². The van der Waals surface area contributed by atoms with Gasteiger partial charge in [-0.1, -0.05) is 24.6 Å². The first-order valence-electron chi connectivity index (χ1n) is 7.78. The number of hydrogen-bond donors (Lipinski definition) is 0. The fourth-order valence-corrected chi connectivity index (χ4v) is 2.80. The topological polar surface area (TPSA) is 37.6 Å². The van der Waals surface area contributed by atoms with Crippen molar-refractivity contribution >= 4 is 29.2 Å². The van der Waals surface area contributed by atoms with Gasteiger partial charge >= 0.3 is 0 Å². The van der Waals surface area contributed by atoms with E-state index in [2.05, 4.69) is 11.9 Å². The molecule has 4 nitrogen and oxygen atoms in total. The normalized spacial score (nSPS) is 14.8. The average molecular weight is 318 g/mol. The number of halogens is 1. The number of fused-ring (bicyclic) bond motifs is 1. The van der Waals surface area contributed by atoms with Gasteiger partial charge in [0.2, 0.25) is 5.91 Å². The Balaban J connectivity index is 1.78. The van der Waals surface area contributed by atoms with Crippen molar-refractivity contribution < 1.29 is 4.79 Å². The number of pyridine rings is 1. The van der Waals surface area contributed by atoms with Gasteiger partial charge in [0.05, 0.1) is 5.69 Å². The lowest BCUT2D eigenvalue weighted by atomic mass is 10.3. The molecule has 2 aromatic rings. The van der Waals surface area contributed by atoms with Crippen LogP contribution in [0.4, 0.5) is 0 Å². The Kier molecular flexibility index (Phi) is 4.48. The molecule has 0 atom stereocenters. The molecule has 1 fully saturated rings. The van der Waals surface area contributed by atoms with Gasteiger partial charge in [0.25, 0.3) is 0 Å². The monoisotopic (exact) mass is 317 g/mol. The third kappa shape index (κ3) is 3.33. The zero-order valence-corrected chi connectivity index (χ0v) is 13.5. The molecular formula is C17H20ClN3O. The molecule has 1 amide bonds. The number of aromatic nitrogens is 2. The van der Waals surface area contributed by atoms with Crippen molar-refractivity contribution in [2.24, 2.45) is 5.92 Å². The fraction of sp³-hybridized carbons (Fsp3) is 0.412. The Morgan fingerprint density at radius 1 is 1.50 bits per heavy atom. The molecule has 5 heteroatoms. The van der Waals surface area contributed by atoms with Gasteiger partial charge in [0.1, 0.15) is 5.65 Å². The van der Waals surface area contributed by atoms with Crippen LogP contribution >= 0.6 is 11.6 Å². The third-order valence-electron chi connectivity index (χ3n) is 3.89. The second kappa shape index (κ2) is 6.53. The van der Waals surface area contributed by atoms with Crippen LogP contribution < -0.4 is 0 Å². The van der Waals surface area contributed by atoms with Crippen LogP contribution in [0.3, 0.4) is 0 Å². The molecule has 2 heterocycles. The maximum Gasteiger partial charge on any atom is 0.246 e. The molecule has 1 aliphatic carbocycles. The van der Waals surface area contributed by atoms with Gasteiger partial charge in [-0.25, -0.2) is 4.98 Å². The third-order valence-corrected chi connectivity index (χ3v) is 4.16. The summed E-state index contributed by atoms with van der Waals surface area (Å²) < 4.78 is 1.89. The maximum absolute atomic E-state index is 12.4. The van der Waals surface area contributed by atoms with E-state index in [4.69, 9.17) is 11.6 Å². The van der Waals surface area contributed by atoms with E-state index in [9.17, 15) is 4.79 Å². The second-order valence-electron chi connectivity index (χ2n) is 5.78. The minimum absolute atomic E-state index is 0.0516. The standard InChI is InChI=1S/C17H20ClN3O/c1-2-10-20(12-13-6-7-13)16(22)9-8-14-17(18)19-15-5-3-4-11-21(14)15/h3-5,8-9,11,13H,2,6-7,10,12H2,1H3. The molecule has 22 heavy (non-hydrogen) atoms. The molecule has 3 rings (SSSR count). The quantitative estimate of drug-likeness (QED) is 0.763. The van der Waals surface area contributed by atoms with E-state index in [1.165, 1.54) is 12.8 Å². The predicted octanol–water partition coefficient (Wildman–Crippen LogP) is 3.65. The molecular weight excluding hydrogens is 298 g/mol. The van der Waals surface area contributed by atoms with Crippen LogP contribution in [0.2, 0.25) is 5.15 Å². The summed E-state index contributed by atoms with van der Waals surface area (Å²) in [7, 11) is 0. The zero-order valence-electron chi connectivity index (χ0n) is 12.7. The highest BCUT2D eigenvalue weighted by Crippen LogP contribution is 2.30. The highest BCUT2D eigenvalue weighted by atomic mass is 35.5. The van der Waals surface area contributed by atoms with Crippen LogP contribution in [-0.4, -0.2) is 33.3 Å². The smallest absolute Gasteiger partial charge is 0.246 e. The van der Waals surface area contributed by atoms with Gasteiger partial charge in [0, 0.05) is 25.4 Å². The average Bonchev–Trinajstić information content (AvgIpc) is 3.26. The molecule has 1 aliphatic rings. The predicted molar refractivity (Wildman–Crippen MR) is 88.8 cm³/mol. The van der Waals surface area contributed by atoms with Gasteiger partial charge in [0.15, 0.2) is 5.15 Å². The molecule has 0 aromatic carbocycles. The summed E-state index contributed by atoms with van der Waals surface area (Å²) in [5.41, 5.74) is 1.52. The van der Waals surface area contributed by atoms with Crippen molar-refractivity contribution in [3.05, 3.63) is 41.3 Å². The van der Waals surface area contributed by atoms with Crippen LogP contribution in [0.5, 0.6) is 0 Å². The Hall–Kier alpha value is -1.81. The Bertz CT molecular complexity index is 703. The number of amides is 1. The van der Waals surface area contributed by atoms with Gasteiger partial charge in [-0.3, -0.25) is 9.20 Å². The molecule has 116 valence electrons. The lowest BCUT2D eigenvalue weighted by Crippen LogP contribution is -2.32. The molecule has 0 aliphatic heterocycles. The summed E-state index contributed by atoms with van der Waals surface area (Å²) >= 11 is 6.18. The summed E-state index contributed by atoms with van der Waals surface area (Å²) in [4.78, 5) is 18.6. The van der Waals surface area contributed by atoms with Gasteiger partial charge in [-0.05, 0) is 43.4 Å². The van der Waals surface area contributed by atoms with Gasteiger partial charge in [-0.2, -0.15) is 0 Å². The molecule has 0 bridgehead atoms. The van der Waals surface area contributed by atoms with Crippen molar-refractivity contribution in [2.45, 2.75) is 26.2 Å². The largest absolute Gasteiger partial charge is 0.339 e. The molecule has 1 saturated carbocycles. The first-order chi connectivity index (χ1) is 10.7. The zero-order chi connectivity index (χ0) is 15.5. The first kappa shape index (κ1) is 15.1. The number of hydrogen-bond acceptors (Lipinski definition) is 2. The number of carbonyl (C=O) groups is 1. The molecule has 0 spiro atoms. The number of carbonyl (C=O) groups excluding carboxylic acids is 1. The molecule has 0 N–H and O–H groups in total. The Morgan fingerprint density at radius 2 is 2.32 bits per heavy atom. The van der Waals surface area contributed by atoms with Crippen molar-refractivity contribution in [2.75, 3.05) is 13.1 Å². The Labute approximate surface area is 135 Å². The molecule has 0 radical (unpaired) electrons. The van der Waals surface area contributed by atoms with Crippen molar-refractivity contribution in [3.63, 3.8) is 0 Å². The SMILES string of the molecule is CCCN(CC1CC1)C(=O)C=Cc1c(Cl)nc2ccccn12. The van der Waals surface area contributed by atoms with Crippen LogP contribution in [-0.2, 0) is 4.79 Å². The second-order valence-corrected chi connectivity index (χ2v) is 6.14. The first-order valence-corrected chi connectivity index (χ1v) is 8.16. The van der Waals surface area contributed by atoms with Crippen molar-refractivity contribution in [3.8, 4) is 0 Å². The number of rotatable bonds is 6. The maximum atomic E-state index is 12.4. The van der Waals surface area contributed by atoms with E-state index in [0.717, 1.165) is 30.9 Å². The lowest BCUT2D eigenvalue weighted by molar-refractivity contribution is -0.126. The highest BCUT2D eigenvalue weighted by Gasteiger charge is 2.25. The highest BCUT2D eigenvalue weighted by molar-refractivity contribution is 6.31. The number of nitrogens with zero attached hydrogens (tertiary/aromatic N) is 3. The molecule has 0 unspecified atom stereocenters. The molecule has 0 saturated heterocycles. The minimum Gasteiger partial charge on any atom is -0.339 e. The van der Waals surface area contributed by atoms with Crippen molar-refractivity contribution in [1.82, 2.24) is 14.3 Å². The van der Waals surface area contributed by atoms with Crippen LogP contribution in [0.25, 0.3) is 11.7 Å².